The maximum absolute atomic E-state index is 4.81. The van der Waals surface area contributed by atoms with E-state index in [0.717, 1.165) is 4.47 Å². The van der Waals surface area contributed by atoms with E-state index in [1.165, 1.54) is 58.3 Å². The zero-order valence-corrected chi connectivity index (χ0v) is 45.6. The minimum atomic E-state index is -0.446. The Labute approximate surface area is 434 Å². The number of thiophene rings is 2. The van der Waals surface area contributed by atoms with Gasteiger partial charge in [0.05, 0.1) is 0 Å². The smallest absolute Gasteiger partial charge is 0.0134 e. The molecule has 0 aliphatic carbocycles. The molecule has 2 aromatic heterocycles. The summed E-state index contributed by atoms with van der Waals surface area (Å²) in [6, 6.07) is 89.8. The molecule has 10 aromatic rings. The molecule has 10 rings (SSSR count). The Morgan fingerprint density at radius 2 is 0.687 bits per heavy atom. The Hall–Kier alpha value is -4.26. The van der Waals surface area contributed by atoms with E-state index in [4.69, 9.17) is 19.1 Å². The molecule has 0 amide bonds. The molecule has 8 heteroatoms. The molecule has 0 nitrogen and oxygen atoms in total. The van der Waals surface area contributed by atoms with Crippen LogP contribution in [0.5, 0.6) is 0 Å². The first-order valence-corrected chi connectivity index (χ1v) is 30.7. The van der Waals surface area contributed by atoms with Crippen molar-refractivity contribution in [3.8, 4) is 10.4 Å². The first-order chi connectivity index (χ1) is 32.9. The molecule has 0 radical (unpaired) electrons. The first-order valence-electron chi connectivity index (χ1n) is 21.4. The molecule has 2 heterocycles. The van der Waals surface area contributed by atoms with Gasteiger partial charge in [-0.15, -0.1) is 22.7 Å². The van der Waals surface area contributed by atoms with Gasteiger partial charge in [0, 0.05) is 14.2 Å². The van der Waals surface area contributed by atoms with E-state index in [1.807, 2.05) is 12.1 Å². The van der Waals surface area contributed by atoms with Crippen molar-refractivity contribution >= 4 is 105 Å². The standard InChI is InChI=1S/2C18H15P.C11H10S.C7H7Br.C5H6S.2ClH.Pd/c2*1-4-10-16(11-5-1)19(17-12-6-2-7-13-17)18-14-8-3-9-15-18;1-9-4-2-5-10(8-9)11-6-3-7-12-11;1-6-3-2-4-7(8)5-6;1-5-3-2-4-6-5;;;/h2*1-15H;2-8H,1H3;2-5H,1H3;2-4H,1H3;2*1H;/q;;;;;;;+2/p-2. The van der Waals surface area contributed by atoms with Gasteiger partial charge >= 0.3 is 35.0 Å². The van der Waals surface area contributed by atoms with Gasteiger partial charge in [0.1, 0.15) is 0 Å². The maximum Gasteiger partial charge on any atom is -0.0134 e. The predicted octanol–water partition coefficient (Wildman–Crippen LogP) is 16.8. The summed E-state index contributed by atoms with van der Waals surface area (Å²) in [6.45, 7) is 6.30. The van der Waals surface area contributed by atoms with Crippen LogP contribution in [0.1, 0.15) is 16.0 Å². The summed E-state index contributed by atoms with van der Waals surface area (Å²) in [5.41, 5.74) is 3.94. The van der Waals surface area contributed by atoms with Crippen LogP contribution in [0.3, 0.4) is 0 Å². The third-order valence-corrected chi connectivity index (χ3v) is 16.7. The van der Waals surface area contributed by atoms with Gasteiger partial charge < -0.3 is 0 Å². The second kappa shape index (κ2) is 31.7. The Balaban J connectivity index is 0.000000163. The molecule has 342 valence electrons. The number of benzene rings is 8. The van der Waals surface area contributed by atoms with Crippen LogP contribution in [-0.4, -0.2) is 0 Å². The van der Waals surface area contributed by atoms with Crippen LogP contribution >= 0.6 is 73.5 Å². The zero-order chi connectivity index (χ0) is 47.3. The monoisotopic (exact) mass is 1140 g/mol. The molecule has 0 spiro atoms. The largest absolute Gasteiger partial charge is 0.0622 e. The normalized spacial score (nSPS) is 10.0. The molecule has 67 heavy (non-hydrogen) atoms. The number of hydrogen-bond donors (Lipinski definition) is 0. The minimum absolute atomic E-state index is 0.106. The molecule has 0 saturated carbocycles. The molecular formula is C59H53BrCl2P2PdS2. The zero-order valence-electron chi connectivity index (χ0n) is 37.6. The number of hydrogen-bond acceptors (Lipinski definition) is 2. The Morgan fingerprint density at radius 1 is 0.358 bits per heavy atom. The molecule has 8 aromatic carbocycles. The van der Waals surface area contributed by atoms with Crippen molar-refractivity contribution in [1.29, 1.82) is 0 Å². The molecule has 0 bridgehead atoms. The van der Waals surface area contributed by atoms with Crippen molar-refractivity contribution in [2.75, 3.05) is 0 Å². The van der Waals surface area contributed by atoms with E-state index in [9.17, 15) is 0 Å². The van der Waals surface area contributed by atoms with E-state index >= 15 is 0 Å². The van der Waals surface area contributed by atoms with Gasteiger partial charge in [0.25, 0.3) is 0 Å². The average molecular weight is 1150 g/mol. The van der Waals surface area contributed by atoms with E-state index in [1.54, 1.807) is 22.7 Å². The predicted molar refractivity (Wildman–Crippen MR) is 304 cm³/mol. The molecule has 0 atom stereocenters. The second-order valence-corrected chi connectivity index (χ2v) is 24.4. The van der Waals surface area contributed by atoms with Crippen LogP contribution < -0.4 is 31.8 Å². The van der Waals surface area contributed by atoms with Crippen LogP contribution in [0.25, 0.3) is 10.4 Å². The van der Waals surface area contributed by atoms with Gasteiger partial charge in [-0.1, -0.05) is 258 Å². The van der Waals surface area contributed by atoms with Crippen molar-refractivity contribution < 1.29 is 15.9 Å². The molecule has 0 aliphatic rings. The molecule has 0 saturated heterocycles. The minimum Gasteiger partial charge on any atom is -0.0622 e. The van der Waals surface area contributed by atoms with Gasteiger partial charge in [0.15, 0.2) is 0 Å². The van der Waals surface area contributed by atoms with E-state index in [2.05, 4.69) is 290 Å². The van der Waals surface area contributed by atoms with Gasteiger partial charge in [-0.25, -0.2) is 0 Å². The Kier molecular flexibility index (Phi) is 25.4. The van der Waals surface area contributed by atoms with Gasteiger partial charge in [-0.05, 0) is 109 Å². The molecule has 0 unspecified atom stereocenters. The van der Waals surface area contributed by atoms with Crippen LogP contribution in [0.2, 0.25) is 0 Å². The summed E-state index contributed by atoms with van der Waals surface area (Å²) < 4.78 is 1.15. The van der Waals surface area contributed by atoms with Crippen molar-refractivity contribution in [2.24, 2.45) is 0 Å². The maximum atomic E-state index is 4.81. The van der Waals surface area contributed by atoms with Crippen molar-refractivity contribution in [3.05, 3.63) is 286 Å². The summed E-state index contributed by atoms with van der Waals surface area (Å²) in [5.74, 6) is 0. The summed E-state index contributed by atoms with van der Waals surface area (Å²) in [6.07, 6.45) is 0. The van der Waals surface area contributed by atoms with Crippen LogP contribution in [-0.2, 0) is 15.9 Å². The van der Waals surface area contributed by atoms with E-state index in [0.29, 0.717) is 0 Å². The quantitative estimate of drug-likeness (QED) is 0.110. The first kappa shape index (κ1) is 53.7. The topological polar surface area (TPSA) is 0 Å². The SMILES string of the molecule is Cc1cccc(-c2cccs2)c1.Cc1cccc(Br)c1.Cc1cccs1.[Cl][Pd][Cl].c1ccc(P(c2ccccc2)c2ccccc2)cc1.c1ccc(P(c2ccccc2)c2ccccc2)cc1. The van der Waals surface area contributed by atoms with Crippen molar-refractivity contribution in [1.82, 2.24) is 0 Å². The number of rotatable bonds is 7. The number of halogens is 3. The van der Waals surface area contributed by atoms with E-state index < -0.39 is 15.8 Å². The summed E-state index contributed by atoms with van der Waals surface area (Å²) >= 11 is 6.82. The second-order valence-electron chi connectivity index (χ2n) is 14.6. The Bertz CT molecular complexity index is 2450. The summed E-state index contributed by atoms with van der Waals surface area (Å²) in [4.78, 5) is 2.73. The van der Waals surface area contributed by atoms with Crippen LogP contribution in [0.4, 0.5) is 0 Å². The van der Waals surface area contributed by atoms with Crippen LogP contribution in [0.15, 0.2) is 270 Å². The number of aryl methyl sites for hydroxylation is 3. The molecule has 0 fully saturated rings. The third kappa shape index (κ3) is 19.7. The van der Waals surface area contributed by atoms with Crippen LogP contribution in [0, 0.1) is 20.8 Å². The average Bonchev–Trinajstić information content (AvgIpc) is 4.10. The fourth-order valence-electron chi connectivity index (χ4n) is 6.56. The summed E-state index contributed by atoms with van der Waals surface area (Å²) in [5, 5.41) is 12.6. The van der Waals surface area contributed by atoms with Gasteiger partial charge in [-0.2, -0.15) is 0 Å². The third-order valence-electron chi connectivity index (χ3n) is 9.55. The Morgan fingerprint density at radius 3 is 0.925 bits per heavy atom. The fraction of sp³-hybridized carbons (Fsp3) is 0.0508. The van der Waals surface area contributed by atoms with Gasteiger partial charge in [0.2, 0.25) is 0 Å². The fourth-order valence-corrected chi connectivity index (χ4v) is 12.9. The van der Waals surface area contributed by atoms with Crippen molar-refractivity contribution in [3.63, 3.8) is 0 Å². The van der Waals surface area contributed by atoms with Crippen molar-refractivity contribution in [2.45, 2.75) is 20.8 Å². The van der Waals surface area contributed by atoms with Gasteiger partial charge in [-0.3, -0.25) is 0 Å². The molecular weight excluding hydrogens is 1090 g/mol. The molecule has 0 aliphatic heterocycles. The van der Waals surface area contributed by atoms with E-state index in [-0.39, 0.29) is 15.9 Å². The molecule has 0 N–H and O–H groups in total. The summed E-state index contributed by atoms with van der Waals surface area (Å²) in [7, 11) is 8.74.